The fourth-order valence-electron chi connectivity index (χ4n) is 4.63. The summed E-state index contributed by atoms with van der Waals surface area (Å²) < 4.78 is 0. The summed E-state index contributed by atoms with van der Waals surface area (Å²) in [4.78, 5) is 39.4. The Balaban J connectivity index is 1.36. The first-order chi connectivity index (χ1) is 19.8. The van der Waals surface area contributed by atoms with Gasteiger partial charge in [0.1, 0.15) is 5.25 Å². The summed E-state index contributed by atoms with van der Waals surface area (Å²) in [5.74, 6) is -1.62. The predicted octanol–water partition coefficient (Wildman–Crippen LogP) is 7.88. The molecule has 7 heteroatoms. The fourth-order valence-corrected chi connectivity index (χ4v) is 5.65. The van der Waals surface area contributed by atoms with Crippen molar-refractivity contribution in [2.75, 3.05) is 10.6 Å². The molecule has 1 unspecified atom stereocenters. The Morgan fingerprint density at radius 2 is 1.41 bits per heavy atom. The van der Waals surface area contributed by atoms with Crippen molar-refractivity contribution in [1.82, 2.24) is 0 Å². The van der Waals surface area contributed by atoms with Crippen LogP contribution in [0.4, 0.5) is 11.4 Å². The molecule has 0 aromatic heterocycles. The SMILES string of the molecule is Cc1ccc(C)c(NC(=O)C(Sc2ccc(NC(=O)c3cccc4cccc(C(=O)O)c34)cc2)c2ccccc2)c1. The van der Waals surface area contributed by atoms with E-state index >= 15 is 0 Å². The summed E-state index contributed by atoms with van der Waals surface area (Å²) in [5, 5.41) is 16.2. The van der Waals surface area contributed by atoms with Crippen LogP contribution in [0, 0.1) is 13.8 Å². The second-order valence-electron chi connectivity index (χ2n) is 9.71. The monoisotopic (exact) mass is 560 g/mol. The normalized spacial score (nSPS) is 11.6. The number of hydrogen-bond acceptors (Lipinski definition) is 4. The number of thioether (sulfide) groups is 1. The van der Waals surface area contributed by atoms with Gasteiger partial charge in [-0.1, -0.05) is 66.7 Å². The van der Waals surface area contributed by atoms with Gasteiger partial charge in [-0.2, -0.15) is 0 Å². The van der Waals surface area contributed by atoms with Gasteiger partial charge in [0.2, 0.25) is 5.91 Å². The van der Waals surface area contributed by atoms with Crippen molar-refractivity contribution in [1.29, 1.82) is 0 Å². The lowest BCUT2D eigenvalue weighted by Gasteiger charge is -2.18. The summed E-state index contributed by atoms with van der Waals surface area (Å²) in [7, 11) is 0. The molecule has 0 radical (unpaired) electrons. The van der Waals surface area contributed by atoms with Crippen LogP contribution in [0.2, 0.25) is 0 Å². The Labute approximate surface area is 242 Å². The van der Waals surface area contributed by atoms with Gasteiger partial charge < -0.3 is 15.7 Å². The molecule has 0 aliphatic carbocycles. The van der Waals surface area contributed by atoms with Crippen LogP contribution in [-0.2, 0) is 4.79 Å². The smallest absolute Gasteiger partial charge is 0.336 e. The van der Waals surface area contributed by atoms with E-state index in [9.17, 15) is 19.5 Å². The van der Waals surface area contributed by atoms with Crippen LogP contribution in [0.15, 0.2) is 114 Å². The minimum absolute atomic E-state index is 0.0751. The van der Waals surface area contributed by atoms with Crippen molar-refractivity contribution in [3.8, 4) is 0 Å². The van der Waals surface area contributed by atoms with Gasteiger partial charge in [-0.05, 0) is 78.4 Å². The van der Waals surface area contributed by atoms with Gasteiger partial charge in [0.15, 0.2) is 0 Å². The van der Waals surface area contributed by atoms with Crippen molar-refractivity contribution in [3.05, 3.63) is 137 Å². The minimum atomic E-state index is -1.09. The van der Waals surface area contributed by atoms with E-state index in [0.29, 0.717) is 16.5 Å². The van der Waals surface area contributed by atoms with Gasteiger partial charge in [-0.25, -0.2) is 4.79 Å². The number of fused-ring (bicyclic) bond motifs is 1. The third-order valence-electron chi connectivity index (χ3n) is 6.74. The predicted molar refractivity (Wildman–Crippen MR) is 165 cm³/mol. The standard InChI is InChI=1S/C34H28N2O4S/c1-21-14-15-22(2)29(20-21)36-33(38)31(24-8-4-3-5-9-24)41-26-18-16-25(17-19-26)35-32(37)27-12-6-10-23-11-7-13-28(30(23)27)34(39)40/h3-20,31H,1-2H3,(H,35,37)(H,36,38)(H,39,40). The van der Waals surface area contributed by atoms with Crippen molar-refractivity contribution >= 4 is 51.7 Å². The van der Waals surface area contributed by atoms with Crippen LogP contribution in [0.1, 0.15) is 42.7 Å². The van der Waals surface area contributed by atoms with Crippen molar-refractivity contribution in [2.24, 2.45) is 0 Å². The van der Waals surface area contributed by atoms with E-state index in [0.717, 1.165) is 27.3 Å². The molecule has 0 saturated heterocycles. The highest BCUT2D eigenvalue weighted by molar-refractivity contribution is 8.00. The number of amides is 2. The van der Waals surface area contributed by atoms with Crippen molar-refractivity contribution < 1.29 is 19.5 Å². The molecule has 0 saturated carbocycles. The molecule has 1 atom stereocenters. The van der Waals surface area contributed by atoms with Gasteiger partial charge >= 0.3 is 5.97 Å². The van der Waals surface area contributed by atoms with E-state index in [1.54, 1.807) is 42.5 Å². The van der Waals surface area contributed by atoms with Crippen molar-refractivity contribution in [3.63, 3.8) is 0 Å². The Bertz CT molecular complexity index is 1750. The molecule has 0 heterocycles. The van der Waals surface area contributed by atoms with E-state index in [1.807, 2.05) is 74.5 Å². The molecule has 2 amide bonds. The molecule has 0 aliphatic rings. The maximum Gasteiger partial charge on any atom is 0.336 e. The van der Waals surface area contributed by atoms with E-state index in [4.69, 9.17) is 0 Å². The zero-order valence-corrected chi connectivity index (χ0v) is 23.4. The van der Waals surface area contributed by atoms with Crippen LogP contribution in [0.3, 0.4) is 0 Å². The van der Waals surface area contributed by atoms with Crippen LogP contribution in [0.25, 0.3) is 10.8 Å². The number of carbonyl (C=O) groups is 3. The molecule has 5 aromatic carbocycles. The summed E-state index contributed by atoms with van der Waals surface area (Å²) in [5.41, 5.74) is 4.63. The average Bonchev–Trinajstić information content (AvgIpc) is 2.98. The number of benzene rings is 5. The number of hydrogen-bond donors (Lipinski definition) is 3. The lowest BCUT2D eigenvalue weighted by molar-refractivity contribution is -0.115. The number of carboxylic acids is 1. The number of carboxylic acid groups (broad SMARTS) is 1. The molecule has 0 bridgehead atoms. The average molecular weight is 561 g/mol. The van der Waals surface area contributed by atoms with Gasteiger partial charge in [0.05, 0.1) is 5.56 Å². The molecule has 3 N–H and O–H groups in total. The Morgan fingerprint density at radius 3 is 2.10 bits per heavy atom. The van der Waals surface area contributed by atoms with Gasteiger partial charge in [-0.15, -0.1) is 11.8 Å². The Kier molecular flexibility index (Phi) is 8.17. The fraction of sp³-hybridized carbons (Fsp3) is 0.0882. The van der Waals surface area contributed by atoms with E-state index in [1.165, 1.54) is 17.8 Å². The lowest BCUT2D eigenvalue weighted by atomic mass is 9.98. The van der Waals surface area contributed by atoms with E-state index in [-0.39, 0.29) is 17.0 Å². The van der Waals surface area contributed by atoms with E-state index in [2.05, 4.69) is 10.6 Å². The topological polar surface area (TPSA) is 95.5 Å². The number of nitrogens with one attached hydrogen (secondary N) is 2. The van der Waals surface area contributed by atoms with Gasteiger partial charge in [0, 0.05) is 27.2 Å². The van der Waals surface area contributed by atoms with Crippen LogP contribution in [0.5, 0.6) is 0 Å². The van der Waals surface area contributed by atoms with Crippen molar-refractivity contribution in [2.45, 2.75) is 24.0 Å². The maximum absolute atomic E-state index is 13.5. The van der Waals surface area contributed by atoms with Gasteiger partial charge in [0.25, 0.3) is 5.91 Å². The number of carbonyl (C=O) groups excluding carboxylic acids is 2. The van der Waals surface area contributed by atoms with Gasteiger partial charge in [-0.3, -0.25) is 9.59 Å². The largest absolute Gasteiger partial charge is 0.478 e. The molecule has 41 heavy (non-hydrogen) atoms. The zero-order valence-electron chi connectivity index (χ0n) is 22.5. The molecule has 5 rings (SSSR count). The van der Waals surface area contributed by atoms with Crippen LogP contribution < -0.4 is 10.6 Å². The maximum atomic E-state index is 13.5. The highest BCUT2D eigenvalue weighted by Gasteiger charge is 2.23. The second kappa shape index (κ2) is 12.1. The highest BCUT2D eigenvalue weighted by Crippen LogP contribution is 2.37. The van der Waals surface area contributed by atoms with Crippen LogP contribution >= 0.6 is 11.8 Å². The molecule has 0 spiro atoms. The Morgan fingerprint density at radius 1 is 0.732 bits per heavy atom. The number of aryl methyl sites for hydroxylation is 2. The summed E-state index contributed by atoms with van der Waals surface area (Å²) >= 11 is 1.42. The van der Waals surface area contributed by atoms with Crippen LogP contribution in [-0.4, -0.2) is 22.9 Å². The third kappa shape index (κ3) is 6.31. The second-order valence-corrected chi connectivity index (χ2v) is 10.9. The molecule has 6 nitrogen and oxygen atoms in total. The first-order valence-corrected chi connectivity index (χ1v) is 13.9. The molecule has 0 fully saturated rings. The molecular weight excluding hydrogens is 532 g/mol. The molecular formula is C34H28N2O4S. The zero-order chi connectivity index (χ0) is 28.9. The first-order valence-electron chi connectivity index (χ1n) is 13.1. The number of anilines is 2. The highest BCUT2D eigenvalue weighted by atomic mass is 32.2. The Hall–Kier alpha value is -4.88. The molecule has 5 aromatic rings. The number of aromatic carboxylic acids is 1. The lowest BCUT2D eigenvalue weighted by Crippen LogP contribution is -2.19. The summed E-state index contributed by atoms with van der Waals surface area (Å²) in [6.07, 6.45) is 0. The summed E-state index contributed by atoms with van der Waals surface area (Å²) in [6.45, 7) is 3.96. The minimum Gasteiger partial charge on any atom is -0.478 e. The third-order valence-corrected chi connectivity index (χ3v) is 8.00. The first kappa shape index (κ1) is 27.7. The number of rotatable bonds is 8. The molecule has 0 aliphatic heterocycles. The summed E-state index contributed by atoms with van der Waals surface area (Å²) in [6, 6.07) is 32.9. The van der Waals surface area contributed by atoms with E-state index < -0.39 is 17.1 Å². The quantitative estimate of drug-likeness (QED) is 0.168. The molecule has 204 valence electrons.